The van der Waals surface area contributed by atoms with Crippen molar-refractivity contribution in [2.24, 2.45) is 22.7 Å². The molecule has 0 bridgehead atoms. The van der Waals surface area contributed by atoms with Crippen LogP contribution in [0.25, 0.3) is 0 Å². The van der Waals surface area contributed by atoms with Gasteiger partial charge in [-0.15, -0.1) is 0 Å². The van der Waals surface area contributed by atoms with Crippen LogP contribution in [0.2, 0.25) is 0 Å². The van der Waals surface area contributed by atoms with Gasteiger partial charge in [0.1, 0.15) is 6.61 Å². The van der Waals surface area contributed by atoms with Crippen molar-refractivity contribution in [2.75, 3.05) is 13.2 Å². The average molecular weight is 419 g/mol. The lowest BCUT2D eigenvalue weighted by atomic mass is 9.47. The van der Waals surface area contributed by atoms with Crippen molar-refractivity contribution in [3.63, 3.8) is 0 Å². The molecular weight excluding hydrogens is 384 g/mol. The second-order valence-corrected chi connectivity index (χ2v) is 9.82. The van der Waals surface area contributed by atoms with E-state index in [0.29, 0.717) is 25.0 Å². The molecule has 3 aliphatic rings. The number of hydrogen-bond donors (Lipinski definition) is 1. The Morgan fingerprint density at radius 1 is 1.30 bits per heavy atom. The molecule has 4 atom stereocenters. The Balaban J connectivity index is 1.68. The van der Waals surface area contributed by atoms with Crippen molar-refractivity contribution in [1.82, 2.24) is 0 Å². The molecule has 0 aromatic heterocycles. The summed E-state index contributed by atoms with van der Waals surface area (Å²) in [6.45, 7) is 9.73. The lowest BCUT2D eigenvalue weighted by Crippen LogP contribution is -2.52. The van der Waals surface area contributed by atoms with E-state index < -0.39 is 11.9 Å². The van der Waals surface area contributed by atoms with Crippen molar-refractivity contribution in [3.8, 4) is 0 Å². The maximum absolute atomic E-state index is 12.0. The summed E-state index contributed by atoms with van der Waals surface area (Å²) in [6.07, 6.45) is 8.37. The van der Waals surface area contributed by atoms with Gasteiger partial charge in [0.25, 0.3) is 0 Å². The van der Waals surface area contributed by atoms with Crippen LogP contribution in [0.5, 0.6) is 0 Å². The quantitative estimate of drug-likeness (QED) is 0.463. The van der Waals surface area contributed by atoms with Crippen LogP contribution in [0.4, 0.5) is 0 Å². The second kappa shape index (κ2) is 8.94. The zero-order valence-corrected chi connectivity index (χ0v) is 18.2. The van der Waals surface area contributed by atoms with Crippen LogP contribution in [0, 0.1) is 22.7 Å². The van der Waals surface area contributed by atoms with E-state index in [9.17, 15) is 14.4 Å². The van der Waals surface area contributed by atoms with Gasteiger partial charge < -0.3 is 14.6 Å². The van der Waals surface area contributed by atoms with E-state index in [1.165, 1.54) is 5.57 Å². The number of ether oxygens (including phenoxy) is 2. The highest BCUT2D eigenvalue weighted by Crippen LogP contribution is 2.62. The summed E-state index contributed by atoms with van der Waals surface area (Å²) in [5.74, 6) is -0.874. The number of carbonyl (C=O) groups is 3. The van der Waals surface area contributed by atoms with Crippen molar-refractivity contribution in [1.29, 1.82) is 0 Å². The summed E-state index contributed by atoms with van der Waals surface area (Å²) >= 11 is 0. The molecule has 0 unspecified atom stereocenters. The van der Waals surface area contributed by atoms with Gasteiger partial charge in [0.05, 0.1) is 19.4 Å². The second-order valence-electron chi connectivity index (χ2n) is 9.82. The molecule has 0 aromatic rings. The predicted molar refractivity (Wildman–Crippen MR) is 112 cm³/mol. The lowest BCUT2D eigenvalue weighted by Gasteiger charge is -2.58. The zero-order valence-electron chi connectivity index (χ0n) is 18.2. The van der Waals surface area contributed by atoms with Gasteiger partial charge in [-0.1, -0.05) is 32.4 Å². The molecule has 1 heterocycles. The summed E-state index contributed by atoms with van der Waals surface area (Å²) in [7, 11) is 0. The van der Waals surface area contributed by atoms with E-state index in [2.05, 4.69) is 20.4 Å². The van der Waals surface area contributed by atoms with Gasteiger partial charge in [-0.3, -0.25) is 9.59 Å². The molecule has 0 radical (unpaired) electrons. The van der Waals surface area contributed by atoms with Gasteiger partial charge >= 0.3 is 17.9 Å². The van der Waals surface area contributed by atoms with Crippen LogP contribution in [-0.4, -0.2) is 36.2 Å². The number of allylic oxidation sites excluding steroid dienone is 1. The minimum absolute atomic E-state index is 0.0807. The Kier molecular flexibility index (Phi) is 6.73. The maximum atomic E-state index is 12.0. The Hall–Kier alpha value is -2.11. The van der Waals surface area contributed by atoms with E-state index in [0.717, 1.165) is 50.5 Å². The van der Waals surface area contributed by atoms with Gasteiger partial charge in [0, 0.05) is 11.5 Å². The van der Waals surface area contributed by atoms with Crippen molar-refractivity contribution < 1.29 is 29.0 Å². The summed E-state index contributed by atoms with van der Waals surface area (Å²) in [4.78, 5) is 34.1. The van der Waals surface area contributed by atoms with E-state index in [-0.39, 0.29) is 29.6 Å². The normalized spacial score (nSPS) is 33.5. The molecule has 6 heteroatoms. The largest absolute Gasteiger partial charge is 0.481 e. The molecule has 0 spiro atoms. The summed E-state index contributed by atoms with van der Waals surface area (Å²) in [5, 5.41) is 8.77. The molecular formula is C24H34O6. The Bertz CT molecular complexity index is 753. The van der Waals surface area contributed by atoms with Crippen LogP contribution >= 0.6 is 0 Å². The van der Waals surface area contributed by atoms with Crippen LogP contribution in [0.15, 0.2) is 23.8 Å². The third kappa shape index (κ3) is 4.79. The highest BCUT2D eigenvalue weighted by Gasteiger charge is 2.54. The number of aliphatic carboxylic acids is 1. The Labute approximate surface area is 178 Å². The third-order valence-electron chi connectivity index (χ3n) is 7.73. The molecule has 1 N–H and O–H groups in total. The number of rotatable bonds is 8. The molecule has 0 saturated heterocycles. The fourth-order valence-corrected chi connectivity index (χ4v) is 6.20. The van der Waals surface area contributed by atoms with Crippen LogP contribution in [-0.2, 0) is 23.9 Å². The van der Waals surface area contributed by atoms with Crippen LogP contribution < -0.4 is 0 Å². The Morgan fingerprint density at radius 3 is 2.73 bits per heavy atom. The first-order chi connectivity index (χ1) is 14.1. The molecule has 1 aliphatic heterocycles. The molecule has 0 aromatic carbocycles. The average Bonchev–Trinajstić information content (AvgIpc) is 3.09. The minimum atomic E-state index is -0.985. The number of carboxylic acids is 1. The highest BCUT2D eigenvalue weighted by molar-refractivity contribution is 5.85. The van der Waals surface area contributed by atoms with Crippen LogP contribution in [0.3, 0.4) is 0 Å². The molecule has 6 nitrogen and oxygen atoms in total. The number of carboxylic acid groups (broad SMARTS) is 1. The molecule has 3 rings (SSSR count). The Morgan fingerprint density at radius 2 is 2.07 bits per heavy atom. The minimum Gasteiger partial charge on any atom is -0.481 e. The van der Waals surface area contributed by atoms with Gasteiger partial charge in [0.2, 0.25) is 0 Å². The number of fused-ring (bicyclic) bond motifs is 1. The third-order valence-corrected chi connectivity index (χ3v) is 7.73. The molecule has 166 valence electrons. The van der Waals surface area contributed by atoms with Gasteiger partial charge in [-0.25, -0.2) is 4.79 Å². The summed E-state index contributed by atoms with van der Waals surface area (Å²) < 4.78 is 10.6. The predicted octanol–water partition coefficient (Wildman–Crippen LogP) is 4.44. The van der Waals surface area contributed by atoms with Gasteiger partial charge in [0.15, 0.2) is 0 Å². The maximum Gasteiger partial charge on any atom is 0.331 e. The molecule has 2 saturated carbocycles. The highest BCUT2D eigenvalue weighted by atomic mass is 16.5. The first-order valence-corrected chi connectivity index (χ1v) is 11.1. The topological polar surface area (TPSA) is 89.9 Å². The number of esters is 2. The monoisotopic (exact) mass is 418 g/mol. The lowest BCUT2D eigenvalue weighted by molar-refractivity contribution is -0.157. The zero-order chi connectivity index (χ0) is 21.9. The summed E-state index contributed by atoms with van der Waals surface area (Å²) in [5.41, 5.74) is 2.32. The fourth-order valence-electron chi connectivity index (χ4n) is 6.20. The van der Waals surface area contributed by atoms with E-state index >= 15 is 0 Å². The standard InChI is InChI=1S/C24H34O6/c1-16-5-8-19-23(2,15-30-21(27)10-9-20(25)26)11-4-12-24(19,3)18(16)7-6-17-13-22(28)29-14-17/h13,18-19H,1,4-12,14-15H2,2-3H3,(H,25,26)/t18-,19-,23+,24+/m1/s1. The fraction of sp³-hybridized carbons (Fsp3) is 0.708. The first kappa shape index (κ1) is 22.6. The SMILES string of the molecule is C=C1CC[C@@H]2[C@](C)(COC(=O)CCC(=O)O)CCC[C@@]2(C)[C@@H]1CCC1=CC(=O)OC1. The number of carbonyl (C=O) groups excluding carboxylic acids is 2. The smallest absolute Gasteiger partial charge is 0.331 e. The molecule has 0 amide bonds. The number of cyclic esters (lactones) is 1. The van der Waals surface area contributed by atoms with Crippen molar-refractivity contribution in [2.45, 2.75) is 71.6 Å². The van der Waals surface area contributed by atoms with Gasteiger partial charge in [-0.2, -0.15) is 0 Å². The van der Waals surface area contributed by atoms with Crippen molar-refractivity contribution in [3.05, 3.63) is 23.8 Å². The molecule has 30 heavy (non-hydrogen) atoms. The van der Waals surface area contributed by atoms with Crippen molar-refractivity contribution >= 4 is 17.9 Å². The first-order valence-electron chi connectivity index (χ1n) is 11.1. The van der Waals surface area contributed by atoms with E-state index in [4.69, 9.17) is 14.6 Å². The van der Waals surface area contributed by atoms with Gasteiger partial charge in [-0.05, 0) is 61.3 Å². The van der Waals surface area contributed by atoms with E-state index in [1.807, 2.05) is 0 Å². The van der Waals surface area contributed by atoms with Crippen LogP contribution in [0.1, 0.15) is 71.6 Å². The number of hydrogen-bond acceptors (Lipinski definition) is 5. The molecule has 2 fully saturated rings. The summed E-state index contributed by atoms with van der Waals surface area (Å²) in [6, 6.07) is 0. The molecule has 2 aliphatic carbocycles. The van der Waals surface area contributed by atoms with E-state index in [1.54, 1.807) is 6.08 Å².